The van der Waals surface area contributed by atoms with Crippen LogP contribution in [0.2, 0.25) is 0 Å². The van der Waals surface area contributed by atoms with Crippen molar-refractivity contribution in [1.29, 1.82) is 0 Å². The Labute approximate surface area is 204 Å². The molecule has 0 saturated carbocycles. The fourth-order valence-corrected chi connectivity index (χ4v) is 4.69. The molecule has 1 aliphatic rings. The van der Waals surface area contributed by atoms with E-state index in [-0.39, 0.29) is 11.8 Å². The van der Waals surface area contributed by atoms with E-state index in [1.54, 1.807) is 17.0 Å². The Kier molecular flexibility index (Phi) is 5.99. The summed E-state index contributed by atoms with van der Waals surface area (Å²) in [6.45, 7) is 6.73. The Balaban J connectivity index is 1.65. The maximum Gasteiger partial charge on any atom is 0.323 e. The van der Waals surface area contributed by atoms with Crippen molar-refractivity contribution in [3.63, 3.8) is 0 Å². The fourth-order valence-electron chi connectivity index (χ4n) is 4.69. The minimum atomic E-state index is -0.459. The van der Waals surface area contributed by atoms with E-state index in [4.69, 9.17) is 9.72 Å². The molecule has 1 N–H and O–H groups in total. The second kappa shape index (κ2) is 9.25. The van der Waals surface area contributed by atoms with E-state index in [0.29, 0.717) is 24.6 Å². The van der Waals surface area contributed by atoms with Crippen LogP contribution in [0.1, 0.15) is 41.0 Å². The summed E-state index contributed by atoms with van der Waals surface area (Å²) in [6, 6.07) is 18.9. The van der Waals surface area contributed by atoms with E-state index in [0.717, 1.165) is 33.9 Å². The highest BCUT2D eigenvalue weighted by molar-refractivity contribution is 5.91. The van der Waals surface area contributed by atoms with Gasteiger partial charge in [0.1, 0.15) is 17.4 Å². The number of nitrogens with one attached hydrogen (secondary N) is 1. The molecule has 3 heterocycles. The van der Waals surface area contributed by atoms with Crippen molar-refractivity contribution in [2.24, 2.45) is 0 Å². The monoisotopic (exact) mass is 470 g/mol. The molecule has 35 heavy (non-hydrogen) atoms. The maximum atomic E-state index is 13.9. The number of aryl methyl sites for hydroxylation is 2. The van der Waals surface area contributed by atoms with E-state index in [1.807, 2.05) is 74.0 Å². The van der Waals surface area contributed by atoms with Crippen LogP contribution in [0.3, 0.4) is 0 Å². The Morgan fingerprint density at radius 1 is 1.11 bits per heavy atom. The third kappa shape index (κ3) is 4.25. The molecule has 4 aromatic rings. The van der Waals surface area contributed by atoms with E-state index >= 15 is 0 Å². The predicted octanol–water partition coefficient (Wildman–Crippen LogP) is 6.16. The topological polar surface area (TPSA) is 59.4 Å². The number of urea groups is 1. The van der Waals surface area contributed by atoms with Crippen LogP contribution in [0.25, 0.3) is 5.82 Å². The quantitative estimate of drug-likeness (QED) is 0.388. The van der Waals surface area contributed by atoms with Crippen molar-refractivity contribution in [3.8, 4) is 11.6 Å². The second-order valence-electron chi connectivity index (χ2n) is 8.63. The Hall–Kier alpha value is -4.13. The molecule has 1 atom stereocenters. The Morgan fingerprint density at radius 3 is 2.66 bits per heavy atom. The normalized spacial score (nSPS) is 14.6. The average molecular weight is 471 g/mol. The van der Waals surface area contributed by atoms with Gasteiger partial charge < -0.3 is 19.5 Å². The van der Waals surface area contributed by atoms with Gasteiger partial charge in [0.25, 0.3) is 0 Å². The first-order chi connectivity index (χ1) is 17.0. The number of hydrogen-bond acceptors (Lipinski definition) is 3. The van der Waals surface area contributed by atoms with Gasteiger partial charge in [0.15, 0.2) is 0 Å². The first-order valence-corrected chi connectivity index (χ1v) is 11.7. The average Bonchev–Trinajstić information content (AvgIpc) is 3.26. The van der Waals surface area contributed by atoms with Gasteiger partial charge in [-0.3, -0.25) is 0 Å². The third-order valence-electron chi connectivity index (χ3n) is 6.26. The molecule has 0 unspecified atom stereocenters. The lowest BCUT2D eigenvalue weighted by Crippen LogP contribution is -2.38. The molecule has 0 radical (unpaired) electrons. The summed E-state index contributed by atoms with van der Waals surface area (Å²) in [4.78, 5) is 20.5. The van der Waals surface area contributed by atoms with Crippen LogP contribution in [0.5, 0.6) is 5.75 Å². The zero-order chi connectivity index (χ0) is 24.5. The lowest BCUT2D eigenvalue weighted by molar-refractivity contribution is 0.194. The number of carbonyl (C=O) groups excluding carboxylic acids is 1. The Bertz CT molecular complexity index is 1380. The van der Waals surface area contributed by atoms with Gasteiger partial charge in [-0.2, -0.15) is 0 Å². The molecule has 2 amide bonds. The van der Waals surface area contributed by atoms with Crippen molar-refractivity contribution in [2.75, 3.05) is 11.9 Å². The molecule has 0 saturated heterocycles. The van der Waals surface area contributed by atoms with E-state index in [1.165, 1.54) is 12.1 Å². The summed E-state index contributed by atoms with van der Waals surface area (Å²) >= 11 is 0. The number of carbonyl (C=O) groups is 1. The largest absolute Gasteiger partial charge is 0.492 e. The van der Waals surface area contributed by atoms with Crippen molar-refractivity contribution in [2.45, 2.75) is 33.4 Å². The predicted molar refractivity (Wildman–Crippen MR) is 133 cm³/mol. The molecule has 0 bridgehead atoms. The summed E-state index contributed by atoms with van der Waals surface area (Å²) < 4.78 is 21.6. The number of para-hydroxylation sites is 2. The van der Waals surface area contributed by atoms with Crippen molar-refractivity contribution < 1.29 is 13.9 Å². The smallest absolute Gasteiger partial charge is 0.323 e. The number of ether oxygens (including phenoxy) is 1. The number of pyridine rings is 1. The van der Waals surface area contributed by atoms with Crippen LogP contribution < -0.4 is 10.1 Å². The number of anilines is 1. The highest BCUT2D eigenvalue weighted by Crippen LogP contribution is 2.38. The highest BCUT2D eigenvalue weighted by atomic mass is 19.1. The van der Waals surface area contributed by atoms with E-state index in [2.05, 4.69) is 5.32 Å². The van der Waals surface area contributed by atoms with Crippen LogP contribution in [-0.4, -0.2) is 27.1 Å². The molecule has 7 heteroatoms. The van der Waals surface area contributed by atoms with Gasteiger partial charge in [0, 0.05) is 17.5 Å². The molecule has 0 spiro atoms. The molecule has 5 rings (SSSR count). The zero-order valence-electron chi connectivity index (χ0n) is 20.0. The van der Waals surface area contributed by atoms with Gasteiger partial charge >= 0.3 is 6.03 Å². The van der Waals surface area contributed by atoms with Gasteiger partial charge in [-0.05, 0) is 74.4 Å². The van der Waals surface area contributed by atoms with Gasteiger partial charge in [-0.15, -0.1) is 0 Å². The zero-order valence-corrected chi connectivity index (χ0v) is 20.0. The van der Waals surface area contributed by atoms with Gasteiger partial charge in [0.05, 0.1) is 30.6 Å². The summed E-state index contributed by atoms with van der Waals surface area (Å²) in [6.07, 6.45) is 1.96. The summed E-state index contributed by atoms with van der Waals surface area (Å²) in [7, 11) is 0. The molecule has 0 aliphatic carbocycles. The van der Waals surface area contributed by atoms with Gasteiger partial charge in [-0.25, -0.2) is 14.2 Å². The summed E-state index contributed by atoms with van der Waals surface area (Å²) in [5, 5.41) is 3.05. The van der Waals surface area contributed by atoms with Crippen LogP contribution in [0.15, 0.2) is 72.9 Å². The number of amides is 2. The molecular weight excluding hydrogens is 443 g/mol. The van der Waals surface area contributed by atoms with Crippen molar-refractivity contribution in [3.05, 3.63) is 107 Å². The number of benzene rings is 2. The van der Waals surface area contributed by atoms with Crippen molar-refractivity contribution >= 4 is 11.7 Å². The first kappa shape index (κ1) is 22.7. The molecule has 1 aliphatic heterocycles. The molecule has 2 aromatic carbocycles. The summed E-state index contributed by atoms with van der Waals surface area (Å²) in [5.74, 6) is 1.09. The number of halogens is 1. The Morgan fingerprint density at radius 2 is 1.89 bits per heavy atom. The summed E-state index contributed by atoms with van der Waals surface area (Å²) in [5.41, 5.74) is 5.20. The molecule has 0 fully saturated rings. The lowest BCUT2D eigenvalue weighted by Gasteiger charge is -2.31. The van der Waals surface area contributed by atoms with E-state index in [9.17, 15) is 9.18 Å². The van der Waals surface area contributed by atoms with Crippen LogP contribution in [0, 0.1) is 19.7 Å². The second-order valence-corrected chi connectivity index (χ2v) is 8.63. The first-order valence-electron chi connectivity index (χ1n) is 11.7. The van der Waals surface area contributed by atoms with Crippen LogP contribution >= 0.6 is 0 Å². The SMILES string of the molecule is CCOc1ccccc1NC(=O)N1Cc2c(C)cc(C)nc2-n2cccc2[C@H]1c1ccc(F)cc1. The fraction of sp³-hybridized carbons (Fsp3) is 0.214. The number of aromatic nitrogens is 2. The molecule has 2 aromatic heterocycles. The maximum absolute atomic E-state index is 13.9. The minimum Gasteiger partial charge on any atom is -0.492 e. The van der Waals surface area contributed by atoms with Crippen LogP contribution in [0.4, 0.5) is 14.9 Å². The number of hydrogen-bond donors (Lipinski definition) is 1. The third-order valence-corrected chi connectivity index (χ3v) is 6.26. The van der Waals surface area contributed by atoms with E-state index < -0.39 is 6.04 Å². The molecular formula is C28H27FN4O2. The number of fused-ring (bicyclic) bond motifs is 3. The minimum absolute atomic E-state index is 0.285. The lowest BCUT2D eigenvalue weighted by atomic mass is 10.0. The standard InChI is InChI=1S/C28H27FN4O2/c1-4-35-25-10-6-5-8-23(25)31-28(34)33-17-22-18(2)16-19(3)30-27(22)32-15-7-9-24(32)26(33)20-11-13-21(29)14-12-20/h5-16,26H,4,17H2,1-3H3,(H,31,34)/t26-/m1/s1. The van der Waals surface area contributed by atoms with Gasteiger partial charge in [-0.1, -0.05) is 24.3 Å². The van der Waals surface area contributed by atoms with Gasteiger partial charge in [0.2, 0.25) is 0 Å². The van der Waals surface area contributed by atoms with Crippen molar-refractivity contribution in [1.82, 2.24) is 14.5 Å². The number of nitrogens with zero attached hydrogens (tertiary/aromatic N) is 3. The highest BCUT2D eigenvalue weighted by Gasteiger charge is 2.34. The van der Waals surface area contributed by atoms with Crippen LogP contribution in [-0.2, 0) is 6.54 Å². The number of rotatable bonds is 4. The molecule has 6 nitrogen and oxygen atoms in total. The molecule has 178 valence electrons.